The lowest BCUT2D eigenvalue weighted by atomic mass is 10.2. The van der Waals surface area contributed by atoms with E-state index in [1.807, 2.05) is 0 Å². The first-order valence-electron chi connectivity index (χ1n) is 8.43. The van der Waals surface area contributed by atoms with Gasteiger partial charge in [-0.2, -0.15) is 23.4 Å². The molecule has 152 valence electrons. The van der Waals surface area contributed by atoms with Crippen LogP contribution in [0.1, 0.15) is 36.6 Å². The number of amides is 1. The SMILES string of the molecule is O=C(CCn1nc(C(F)(F)F)c(Br)c1C1CC1)NCCn1cc([N+](=O)[O-])cn1. The second-order valence-corrected chi connectivity index (χ2v) is 7.15. The standard InChI is InChI=1S/C15H16BrF3N6O3/c16-12-13(9-1-2-9)24(22-14(12)15(17,18)19)5-3-11(26)20-4-6-23-8-10(7-21-23)25(27)28/h7-9H,1-6H2,(H,20,26). The van der Waals surface area contributed by atoms with Crippen LogP contribution in [0.3, 0.4) is 0 Å². The summed E-state index contributed by atoms with van der Waals surface area (Å²) < 4.78 is 41.7. The molecule has 13 heteroatoms. The van der Waals surface area contributed by atoms with E-state index in [0.717, 1.165) is 19.0 Å². The molecule has 0 atom stereocenters. The van der Waals surface area contributed by atoms with Gasteiger partial charge in [-0.3, -0.25) is 24.3 Å². The first kappa shape index (κ1) is 20.3. The summed E-state index contributed by atoms with van der Waals surface area (Å²) in [5, 5.41) is 20.6. The molecule has 0 aliphatic heterocycles. The molecule has 3 rings (SSSR count). The van der Waals surface area contributed by atoms with E-state index in [1.165, 1.54) is 15.6 Å². The number of nitrogens with one attached hydrogen (secondary N) is 1. The third-order valence-corrected chi connectivity index (χ3v) is 4.99. The summed E-state index contributed by atoms with van der Waals surface area (Å²) in [6.45, 7) is 0.446. The topological polar surface area (TPSA) is 108 Å². The van der Waals surface area contributed by atoms with Gasteiger partial charge in [-0.1, -0.05) is 0 Å². The summed E-state index contributed by atoms with van der Waals surface area (Å²) in [7, 11) is 0. The minimum atomic E-state index is -4.57. The van der Waals surface area contributed by atoms with Crippen LogP contribution in [-0.4, -0.2) is 36.9 Å². The highest BCUT2D eigenvalue weighted by Crippen LogP contribution is 2.46. The second-order valence-electron chi connectivity index (χ2n) is 6.36. The normalized spacial score (nSPS) is 14.3. The van der Waals surface area contributed by atoms with Crippen LogP contribution in [0.5, 0.6) is 0 Å². The first-order valence-corrected chi connectivity index (χ1v) is 9.23. The molecule has 2 heterocycles. The molecule has 0 radical (unpaired) electrons. The molecule has 1 amide bonds. The minimum Gasteiger partial charge on any atom is -0.354 e. The Morgan fingerprint density at radius 3 is 2.68 bits per heavy atom. The molecule has 0 saturated heterocycles. The Balaban J connectivity index is 1.53. The van der Waals surface area contributed by atoms with Crippen molar-refractivity contribution >= 4 is 27.5 Å². The Labute approximate surface area is 165 Å². The molecule has 28 heavy (non-hydrogen) atoms. The highest BCUT2D eigenvalue weighted by molar-refractivity contribution is 9.10. The molecule has 0 spiro atoms. The smallest absolute Gasteiger partial charge is 0.354 e. The third-order valence-electron chi connectivity index (χ3n) is 4.21. The number of carbonyl (C=O) groups excluding carboxylic acids is 1. The largest absolute Gasteiger partial charge is 0.436 e. The third kappa shape index (κ3) is 4.69. The van der Waals surface area contributed by atoms with E-state index >= 15 is 0 Å². The summed E-state index contributed by atoms with van der Waals surface area (Å²) in [5.41, 5.74) is -0.650. The van der Waals surface area contributed by atoms with Crippen LogP contribution in [0.15, 0.2) is 16.9 Å². The lowest BCUT2D eigenvalue weighted by Gasteiger charge is -2.08. The maximum Gasteiger partial charge on any atom is 0.436 e. The van der Waals surface area contributed by atoms with Crippen molar-refractivity contribution in [1.29, 1.82) is 0 Å². The van der Waals surface area contributed by atoms with E-state index < -0.39 is 16.8 Å². The van der Waals surface area contributed by atoms with Gasteiger partial charge in [-0.05, 0) is 28.8 Å². The Bertz CT molecular complexity index is 890. The first-order chi connectivity index (χ1) is 13.2. The number of halogens is 4. The lowest BCUT2D eigenvalue weighted by Crippen LogP contribution is -2.28. The Morgan fingerprint density at radius 2 is 2.11 bits per heavy atom. The molecule has 1 N–H and O–H groups in total. The minimum absolute atomic E-state index is 0.0247. The van der Waals surface area contributed by atoms with Gasteiger partial charge < -0.3 is 5.32 Å². The molecule has 1 aliphatic carbocycles. The molecule has 2 aromatic heterocycles. The van der Waals surface area contributed by atoms with Crippen LogP contribution < -0.4 is 5.32 Å². The lowest BCUT2D eigenvalue weighted by molar-refractivity contribution is -0.385. The highest BCUT2D eigenvalue weighted by Gasteiger charge is 2.41. The molecular weight excluding hydrogens is 449 g/mol. The molecule has 0 aromatic carbocycles. The predicted molar refractivity (Wildman–Crippen MR) is 93.4 cm³/mol. The molecule has 1 saturated carbocycles. The fourth-order valence-corrected chi connectivity index (χ4v) is 3.56. The zero-order chi connectivity index (χ0) is 20.5. The Morgan fingerprint density at radius 1 is 1.39 bits per heavy atom. The zero-order valence-electron chi connectivity index (χ0n) is 14.4. The number of nitrogens with zero attached hydrogens (tertiary/aromatic N) is 5. The summed E-state index contributed by atoms with van der Waals surface area (Å²) in [6.07, 6.45) is -0.663. The van der Waals surface area contributed by atoms with Crippen molar-refractivity contribution < 1.29 is 22.9 Å². The van der Waals surface area contributed by atoms with Gasteiger partial charge in [0.2, 0.25) is 5.91 Å². The number of rotatable bonds is 8. The van der Waals surface area contributed by atoms with E-state index in [2.05, 4.69) is 31.4 Å². The van der Waals surface area contributed by atoms with Crippen molar-refractivity contribution in [2.75, 3.05) is 6.54 Å². The Hall–Kier alpha value is -2.44. The van der Waals surface area contributed by atoms with Crippen LogP contribution in [0.4, 0.5) is 18.9 Å². The van der Waals surface area contributed by atoms with Crippen molar-refractivity contribution in [3.8, 4) is 0 Å². The maximum atomic E-state index is 13.1. The number of nitro groups is 1. The van der Waals surface area contributed by atoms with Crippen molar-refractivity contribution in [1.82, 2.24) is 24.9 Å². The number of hydrogen-bond acceptors (Lipinski definition) is 5. The van der Waals surface area contributed by atoms with Gasteiger partial charge in [0.1, 0.15) is 12.4 Å². The summed E-state index contributed by atoms with van der Waals surface area (Å²) >= 11 is 3.00. The zero-order valence-corrected chi connectivity index (χ0v) is 16.0. The number of aryl methyl sites for hydroxylation is 1. The molecule has 9 nitrogen and oxygen atoms in total. The molecule has 0 unspecified atom stereocenters. The average molecular weight is 465 g/mol. The molecule has 1 fully saturated rings. The predicted octanol–water partition coefficient (Wildman–Crippen LogP) is 2.85. The van der Waals surface area contributed by atoms with E-state index in [9.17, 15) is 28.1 Å². The van der Waals surface area contributed by atoms with Crippen LogP contribution in [0.2, 0.25) is 0 Å². The second kappa shape index (κ2) is 7.89. The van der Waals surface area contributed by atoms with Crippen LogP contribution in [-0.2, 0) is 24.1 Å². The van der Waals surface area contributed by atoms with Crippen LogP contribution >= 0.6 is 15.9 Å². The van der Waals surface area contributed by atoms with Gasteiger partial charge in [0.05, 0.1) is 28.2 Å². The molecule has 2 aromatic rings. The Kier molecular flexibility index (Phi) is 5.72. The van der Waals surface area contributed by atoms with Crippen molar-refractivity contribution in [2.24, 2.45) is 0 Å². The van der Waals surface area contributed by atoms with Gasteiger partial charge in [-0.25, -0.2) is 0 Å². The number of hydrogen-bond donors (Lipinski definition) is 1. The average Bonchev–Trinajstić information content (AvgIpc) is 3.21. The van der Waals surface area contributed by atoms with Crippen LogP contribution in [0, 0.1) is 10.1 Å². The van der Waals surface area contributed by atoms with Gasteiger partial charge in [-0.15, -0.1) is 0 Å². The van der Waals surface area contributed by atoms with E-state index in [-0.39, 0.29) is 48.0 Å². The quantitative estimate of drug-likeness (QED) is 0.477. The van der Waals surface area contributed by atoms with Gasteiger partial charge in [0, 0.05) is 18.9 Å². The molecular formula is C15H16BrF3N6O3. The van der Waals surface area contributed by atoms with E-state index in [0.29, 0.717) is 5.69 Å². The number of aromatic nitrogens is 4. The fourth-order valence-electron chi connectivity index (χ4n) is 2.73. The molecule has 0 bridgehead atoms. The van der Waals surface area contributed by atoms with Gasteiger partial charge >= 0.3 is 11.9 Å². The van der Waals surface area contributed by atoms with E-state index in [1.54, 1.807) is 0 Å². The maximum absolute atomic E-state index is 13.1. The van der Waals surface area contributed by atoms with Crippen molar-refractivity contribution in [3.63, 3.8) is 0 Å². The summed E-state index contributed by atoms with van der Waals surface area (Å²) in [6, 6.07) is 0. The molecule has 1 aliphatic rings. The van der Waals surface area contributed by atoms with Crippen LogP contribution in [0.25, 0.3) is 0 Å². The monoisotopic (exact) mass is 464 g/mol. The summed E-state index contributed by atoms with van der Waals surface area (Å²) in [5.74, 6) is -0.333. The fraction of sp³-hybridized carbons (Fsp3) is 0.533. The van der Waals surface area contributed by atoms with Crippen molar-refractivity contribution in [3.05, 3.63) is 38.4 Å². The van der Waals surface area contributed by atoms with Gasteiger partial charge in [0.15, 0.2) is 5.69 Å². The highest BCUT2D eigenvalue weighted by atomic mass is 79.9. The number of alkyl halides is 3. The summed E-state index contributed by atoms with van der Waals surface area (Å²) in [4.78, 5) is 22.0. The van der Waals surface area contributed by atoms with Crippen molar-refractivity contribution in [2.45, 2.75) is 44.4 Å². The van der Waals surface area contributed by atoms with E-state index in [4.69, 9.17) is 0 Å². The van der Waals surface area contributed by atoms with Gasteiger partial charge in [0.25, 0.3) is 0 Å². The number of carbonyl (C=O) groups is 1.